The molecule has 28 heavy (non-hydrogen) atoms. The Hall–Kier alpha value is -2.80. The Balaban J connectivity index is 1.65. The van der Waals surface area contributed by atoms with Crippen molar-refractivity contribution in [3.05, 3.63) is 78.4 Å². The number of alkyl halides is 2. The van der Waals surface area contributed by atoms with Gasteiger partial charge < -0.3 is 10.1 Å². The average molecular weight is 403 g/mol. The van der Waals surface area contributed by atoms with Crippen LogP contribution in [0.3, 0.4) is 0 Å². The predicted octanol–water partition coefficient (Wildman–Crippen LogP) is 4.51. The molecule has 0 bridgehead atoms. The standard InChI is InChI=1S/C21H19F2NO3S/c22-20(23)18(24-21(25)27-13-15-7-2-1-3-8-15)14-28(26)19-12-6-10-16-9-4-5-11-17(16)19/h1-12,18,20H,13-14H2,(H,24,25)/t18-,28+/m1/s1. The van der Waals surface area contributed by atoms with Crippen LogP contribution < -0.4 is 5.32 Å². The van der Waals surface area contributed by atoms with Gasteiger partial charge >= 0.3 is 6.09 Å². The highest BCUT2D eigenvalue weighted by Crippen LogP contribution is 2.22. The number of alkyl carbamates (subject to hydrolysis) is 1. The number of carbonyl (C=O) groups excluding carboxylic acids is 1. The first kappa shape index (κ1) is 19.9. The first-order chi connectivity index (χ1) is 13.5. The highest BCUT2D eigenvalue weighted by atomic mass is 32.2. The van der Waals surface area contributed by atoms with E-state index in [2.05, 4.69) is 5.32 Å². The molecule has 1 N–H and O–H groups in total. The molecule has 0 radical (unpaired) electrons. The van der Waals surface area contributed by atoms with Crippen molar-refractivity contribution in [2.45, 2.75) is 24.0 Å². The number of fused-ring (bicyclic) bond motifs is 1. The molecule has 0 aliphatic rings. The summed E-state index contributed by atoms with van der Waals surface area (Å²) >= 11 is 0. The van der Waals surface area contributed by atoms with Gasteiger partial charge in [-0.2, -0.15) is 0 Å². The SMILES string of the molecule is O=C(N[C@H](C[S@](=O)c1cccc2ccccc12)C(F)F)OCc1ccccc1. The smallest absolute Gasteiger partial charge is 0.407 e. The highest BCUT2D eigenvalue weighted by Gasteiger charge is 2.26. The number of rotatable bonds is 7. The molecule has 2 atom stereocenters. The molecule has 4 nitrogen and oxygen atoms in total. The molecule has 3 aromatic rings. The summed E-state index contributed by atoms with van der Waals surface area (Å²) < 4.78 is 44.5. The van der Waals surface area contributed by atoms with Crippen molar-refractivity contribution in [1.82, 2.24) is 5.32 Å². The topological polar surface area (TPSA) is 55.4 Å². The largest absolute Gasteiger partial charge is 0.445 e. The van der Waals surface area contributed by atoms with Gasteiger partial charge in [0.25, 0.3) is 6.43 Å². The minimum atomic E-state index is -2.87. The molecule has 3 aromatic carbocycles. The van der Waals surface area contributed by atoms with Crippen LogP contribution in [-0.4, -0.2) is 28.5 Å². The summed E-state index contributed by atoms with van der Waals surface area (Å²) in [4.78, 5) is 12.4. The normalized spacial score (nSPS) is 13.2. The van der Waals surface area contributed by atoms with Gasteiger partial charge in [0.05, 0.1) is 16.6 Å². The zero-order chi connectivity index (χ0) is 19.9. The maximum atomic E-state index is 13.4. The third-order valence-electron chi connectivity index (χ3n) is 4.15. The van der Waals surface area contributed by atoms with E-state index in [-0.39, 0.29) is 6.61 Å². The van der Waals surface area contributed by atoms with Gasteiger partial charge in [0.2, 0.25) is 0 Å². The van der Waals surface area contributed by atoms with Crippen LogP contribution in [0.2, 0.25) is 0 Å². The van der Waals surface area contributed by atoms with Crippen molar-refractivity contribution in [2.75, 3.05) is 5.75 Å². The van der Waals surface area contributed by atoms with E-state index >= 15 is 0 Å². The summed E-state index contributed by atoms with van der Waals surface area (Å²) in [6.45, 7) is -0.0327. The van der Waals surface area contributed by atoms with Crippen molar-refractivity contribution >= 4 is 27.7 Å². The molecule has 0 fully saturated rings. The Morgan fingerprint density at radius 1 is 0.964 bits per heavy atom. The Morgan fingerprint density at radius 3 is 2.39 bits per heavy atom. The highest BCUT2D eigenvalue weighted by molar-refractivity contribution is 7.85. The molecular formula is C21H19F2NO3S. The molecule has 0 unspecified atom stereocenters. The van der Waals surface area contributed by atoms with Crippen LogP contribution in [0, 0.1) is 0 Å². The van der Waals surface area contributed by atoms with Crippen molar-refractivity contribution in [3.63, 3.8) is 0 Å². The van der Waals surface area contributed by atoms with Crippen molar-refractivity contribution in [3.8, 4) is 0 Å². The molecular weight excluding hydrogens is 384 g/mol. The van der Waals surface area contributed by atoms with Crippen molar-refractivity contribution < 1.29 is 22.5 Å². The third kappa shape index (κ3) is 5.13. The average Bonchev–Trinajstić information content (AvgIpc) is 2.72. The number of ether oxygens (including phenoxy) is 1. The first-order valence-electron chi connectivity index (χ1n) is 8.66. The van der Waals surface area contributed by atoms with E-state index < -0.39 is 35.1 Å². The molecule has 3 rings (SSSR count). The molecule has 0 saturated heterocycles. The van der Waals surface area contributed by atoms with E-state index in [1.165, 1.54) is 0 Å². The van der Waals surface area contributed by atoms with Gasteiger partial charge in [0, 0.05) is 4.90 Å². The molecule has 7 heteroatoms. The summed E-state index contributed by atoms with van der Waals surface area (Å²) in [5.41, 5.74) is 0.741. The molecule has 146 valence electrons. The lowest BCUT2D eigenvalue weighted by atomic mass is 10.1. The second-order valence-corrected chi connectivity index (χ2v) is 7.60. The molecule has 1 amide bonds. The molecule has 0 aromatic heterocycles. The van der Waals surface area contributed by atoms with Gasteiger partial charge in [-0.15, -0.1) is 0 Å². The van der Waals surface area contributed by atoms with E-state index in [1.54, 1.807) is 48.5 Å². The summed E-state index contributed by atoms with van der Waals surface area (Å²) in [7, 11) is -1.72. The number of amides is 1. The first-order valence-corrected chi connectivity index (χ1v) is 9.98. The number of nitrogens with one attached hydrogen (secondary N) is 1. The lowest BCUT2D eigenvalue weighted by Gasteiger charge is -2.18. The fourth-order valence-electron chi connectivity index (χ4n) is 2.74. The van der Waals surface area contributed by atoms with Gasteiger partial charge in [0.1, 0.15) is 12.6 Å². The van der Waals surface area contributed by atoms with Crippen molar-refractivity contribution in [1.29, 1.82) is 0 Å². The van der Waals surface area contributed by atoms with Crippen LogP contribution in [0.4, 0.5) is 13.6 Å². The van der Waals surface area contributed by atoms with Crippen LogP contribution in [0.15, 0.2) is 77.7 Å². The van der Waals surface area contributed by atoms with Crippen LogP contribution in [0.1, 0.15) is 5.56 Å². The van der Waals surface area contributed by atoms with Crippen molar-refractivity contribution in [2.24, 2.45) is 0 Å². The summed E-state index contributed by atoms with van der Waals surface area (Å²) in [6, 6.07) is 19.9. The minimum Gasteiger partial charge on any atom is -0.445 e. The molecule has 0 aliphatic heterocycles. The summed E-state index contributed by atoms with van der Waals surface area (Å²) in [5.74, 6) is -0.411. The van der Waals surface area contributed by atoms with E-state index in [1.807, 2.05) is 24.3 Å². The second-order valence-electron chi connectivity index (χ2n) is 6.14. The van der Waals surface area contributed by atoms with E-state index in [9.17, 15) is 17.8 Å². The van der Waals surface area contributed by atoms with Gasteiger partial charge in [-0.25, -0.2) is 13.6 Å². The maximum Gasteiger partial charge on any atom is 0.407 e. The Kier molecular flexibility index (Phi) is 6.71. The summed E-state index contributed by atoms with van der Waals surface area (Å²) in [5, 5.41) is 3.74. The van der Waals surface area contributed by atoms with Gasteiger partial charge in [-0.05, 0) is 22.4 Å². The Morgan fingerprint density at radius 2 is 1.64 bits per heavy atom. The Labute approximate surface area is 164 Å². The quantitative estimate of drug-likeness (QED) is 0.632. The molecule has 0 heterocycles. The zero-order valence-corrected chi connectivity index (χ0v) is 15.7. The number of benzene rings is 3. The zero-order valence-electron chi connectivity index (χ0n) is 14.9. The fraction of sp³-hybridized carbons (Fsp3) is 0.190. The number of halogens is 2. The molecule has 0 spiro atoms. The second kappa shape index (κ2) is 9.41. The molecule has 0 saturated carbocycles. The van der Waals surface area contributed by atoms with Crippen LogP contribution in [0.25, 0.3) is 10.8 Å². The van der Waals surface area contributed by atoms with E-state index in [0.717, 1.165) is 16.3 Å². The maximum absolute atomic E-state index is 13.4. The van der Waals surface area contributed by atoms with Crippen LogP contribution >= 0.6 is 0 Å². The lowest BCUT2D eigenvalue weighted by molar-refractivity contribution is 0.0902. The predicted molar refractivity (Wildman–Crippen MR) is 105 cm³/mol. The molecule has 0 aliphatic carbocycles. The minimum absolute atomic E-state index is 0.0327. The monoisotopic (exact) mass is 403 g/mol. The third-order valence-corrected chi connectivity index (χ3v) is 5.65. The fourth-order valence-corrected chi connectivity index (χ4v) is 4.14. The van der Waals surface area contributed by atoms with E-state index in [4.69, 9.17) is 4.74 Å². The van der Waals surface area contributed by atoms with E-state index in [0.29, 0.717) is 4.90 Å². The van der Waals surface area contributed by atoms with Crippen LogP contribution in [-0.2, 0) is 22.1 Å². The number of hydrogen-bond acceptors (Lipinski definition) is 3. The van der Waals surface area contributed by atoms with Gasteiger partial charge in [-0.1, -0.05) is 66.7 Å². The van der Waals surface area contributed by atoms with Crippen LogP contribution in [0.5, 0.6) is 0 Å². The van der Waals surface area contributed by atoms with Gasteiger partial charge in [0.15, 0.2) is 0 Å². The number of carbonyl (C=O) groups is 1. The summed E-state index contributed by atoms with van der Waals surface area (Å²) in [6.07, 6.45) is -3.84. The number of hydrogen-bond donors (Lipinski definition) is 1. The Bertz CT molecular complexity index is 961. The van der Waals surface area contributed by atoms with Gasteiger partial charge in [-0.3, -0.25) is 4.21 Å². The lowest BCUT2D eigenvalue weighted by Crippen LogP contribution is -2.43.